The lowest BCUT2D eigenvalue weighted by atomic mass is 9.82. The van der Waals surface area contributed by atoms with E-state index in [0.29, 0.717) is 6.04 Å². The second kappa shape index (κ2) is 3.89. The summed E-state index contributed by atoms with van der Waals surface area (Å²) in [4.78, 5) is 0. The Hall–Kier alpha value is -0.570. The molecular weight excluding hydrogens is 245 g/mol. The van der Waals surface area contributed by atoms with Crippen LogP contribution in [-0.2, 0) is 0 Å². The monoisotopic (exact) mass is 257 g/mol. The summed E-state index contributed by atoms with van der Waals surface area (Å²) >= 11 is 3.34. The predicted octanol–water partition coefficient (Wildman–Crippen LogP) is 3.80. The van der Waals surface area contributed by atoms with Gasteiger partial charge in [0.05, 0.1) is 0 Å². The second-order valence-electron chi connectivity index (χ2n) is 4.04. The molecule has 0 atom stereocenters. The van der Waals surface area contributed by atoms with Crippen molar-refractivity contribution in [3.63, 3.8) is 0 Å². The first-order valence-corrected chi connectivity index (χ1v) is 5.66. The zero-order valence-corrected chi connectivity index (χ0v) is 9.64. The first-order valence-electron chi connectivity index (χ1n) is 4.87. The topological polar surface area (TPSA) is 12.0 Å². The molecule has 76 valence electrons. The number of hydrogen-bond donors (Lipinski definition) is 1. The lowest BCUT2D eigenvalue weighted by Crippen LogP contribution is -2.33. The van der Waals surface area contributed by atoms with E-state index in [4.69, 9.17) is 0 Å². The van der Waals surface area contributed by atoms with Gasteiger partial charge in [-0.1, -0.05) is 6.92 Å². The predicted molar refractivity (Wildman–Crippen MR) is 59.9 cm³/mol. The van der Waals surface area contributed by atoms with Crippen LogP contribution in [0.4, 0.5) is 10.1 Å². The zero-order valence-electron chi connectivity index (χ0n) is 8.06. The maximum Gasteiger partial charge on any atom is 0.124 e. The Morgan fingerprint density at radius 1 is 1.43 bits per heavy atom. The van der Waals surface area contributed by atoms with Gasteiger partial charge in [-0.3, -0.25) is 0 Å². The summed E-state index contributed by atoms with van der Waals surface area (Å²) in [6.07, 6.45) is 2.42. The van der Waals surface area contributed by atoms with E-state index >= 15 is 0 Å². The largest absolute Gasteiger partial charge is 0.381 e. The molecule has 0 spiro atoms. The van der Waals surface area contributed by atoms with Crippen molar-refractivity contribution in [2.45, 2.75) is 25.8 Å². The minimum atomic E-state index is -0.204. The van der Waals surface area contributed by atoms with Gasteiger partial charge in [0.25, 0.3) is 0 Å². The fourth-order valence-electron chi connectivity index (χ4n) is 1.85. The van der Waals surface area contributed by atoms with Gasteiger partial charge in [0.2, 0.25) is 0 Å². The van der Waals surface area contributed by atoms with E-state index in [2.05, 4.69) is 28.2 Å². The van der Waals surface area contributed by atoms with Crippen LogP contribution >= 0.6 is 15.9 Å². The van der Waals surface area contributed by atoms with E-state index in [1.54, 1.807) is 6.07 Å². The molecule has 0 saturated heterocycles. The molecule has 1 fully saturated rings. The van der Waals surface area contributed by atoms with E-state index < -0.39 is 0 Å². The third-order valence-corrected chi connectivity index (χ3v) is 3.32. The highest BCUT2D eigenvalue weighted by atomic mass is 79.9. The van der Waals surface area contributed by atoms with Gasteiger partial charge < -0.3 is 5.32 Å². The first kappa shape index (κ1) is 9.97. The summed E-state index contributed by atoms with van der Waals surface area (Å²) < 4.78 is 13.6. The molecule has 0 radical (unpaired) electrons. The van der Waals surface area contributed by atoms with Crippen LogP contribution in [0.25, 0.3) is 0 Å². The summed E-state index contributed by atoms with van der Waals surface area (Å²) in [5.41, 5.74) is 0.989. The van der Waals surface area contributed by atoms with Gasteiger partial charge in [0.1, 0.15) is 5.82 Å². The number of rotatable bonds is 2. The smallest absolute Gasteiger partial charge is 0.124 e. The van der Waals surface area contributed by atoms with Gasteiger partial charge in [0.15, 0.2) is 0 Å². The summed E-state index contributed by atoms with van der Waals surface area (Å²) in [5.74, 6) is 0.621. The van der Waals surface area contributed by atoms with Crippen LogP contribution in [0.15, 0.2) is 22.7 Å². The molecule has 0 aromatic heterocycles. The molecule has 1 aromatic rings. The van der Waals surface area contributed by atoms with Crippen molar-refractivity contribution >= 4 is 21.6 Å². The lowest BCUT2D eigenvalue weighted by Gasteiger charge is -2.34. The average Bonchev–Trinajstić information content (AvgIpc) is 2.06. The summed E-state index contributed by atoms with van der Waals surface area (Å²) in [6, 6.07) is 5.31. The maximum absolute atomic E-state index is 12.8. The highest BCUT2D eigenvalue weighted by Gasteiger charge is 2.25. The van der Waals surface area contributed by atoms with Gasteiger partial charge in [-0.15, -0.1) is 0 Å². The summed E-state index contributed by atoms with van der Waals surface area (Å²) in [6.45, 7) is 2.25. The zero-order chi connectivity index (χ0) is 10.1. The average molecular weight is 258 g/mol. The lowest BCUT2D eigenvalue weighted by molar-refractivity contribution is 0.309. The van der Waals surface area contributed by atoms with E-state index in [9.17, 15) is 4.39 Å². The highest BCUT2D eigenvalue weighted by Crippen LogP contribution is 2.32. The Morgan fingerprint density at radius 2 is 2.14 bits per heavy atom. The molecule has 1 N–H and O–H groups in total. The molecule has 0 unspecified atom stereocenters. The van der Waals surface area contributed by atoms with E-state index in [0.717, 1.165) is 16.1 Å². The van der Waals surface area contributed by atoms with Crippen LogP contribution in [0, 0.1) is 11.7 Å². The van der Waals surface area contributed by atoms with Crippen LogP contribution in [0.1, 0.15) is 19.8 Å². The summed E-state index contributed by atoms with van der Waals surface area (Å²) in [7, 11) is 0. The highest BCUT2D eigenvalue weighted by molar-refractivity contribution is 9.10. The molecule has 2 rings (SSSR count). The number of benzene rings is 1. The van der Waals surface area contributed by atoms with Crippen molar-refractivity contribution in [1.82, 2.24) is 0 Å². The summed E-state index contributed by atoms with van der Waals surface area (Å²) in [5, 5.41) is 3.39. The number of nitrogens with one attached hydrogen (secondary N) is 1. The first-order chi connectivity index (χ1) is 6.65. The molecule has 1 saturated carbocycles. The van der Waals surface area contributed by atoms with Gasteiger partial charge in [0, 0.05) is 16.2 Å². The Kier molecular flexibility index (Phi) is 2.77. The van der Waals surface area contributed by atoms with Crippen molar-refractivity contribution in [2.24, 2.45) is 5.92 Å². The molecular formula is C11H13BrFN. The van der Waals surface area contributed by atoms with Gasteiger partial charge >= 0.3 is 0 Å². The second-order valence-corrected chi connectivity index (χ2v) is 4.90. The van der Waals surface area contributed by atoms with Gasteiger partial charge in [-0.05, 0) is 52.9 Å². The van der Waals surface area contributed by atoms with Crippen molar-refractivity contribution in [2.75, 3.05) is 5.32 Å². The third-order valence-electron chi connectivity index (χ3n) is 2.66. The fourth-order valence-corrected chi connectivity index (χ4v) is 2.31. The van der Waals surface area contributed by atoms with Crippen LogP contribution in [0.2, 0.25) is 0 Å². The Bertz CT molecular complexity index is 334. The molecule has 14 heavy (non-hydrogen) atoms. The van der Waals surface area contributed by atoms with Crippen LogP contribution in [0.3, 0.4) is 0 Å². The molecule has 0 bridgehead atoms. The number of hydrogen-bond acceptors (Lipinski definition) is 1. The van der Waals surface area contributed by atoms with Crippen molar-refractivity contribution in [1.29, 1.82) is 0 Å². The molecule has 0 aliphatic heterocycles. The van der Waals surface area contributed by atoms with Gasteiger partial charge in [-0.25, -0.2) is 4.39 Å². The number of halogens is 2. The van der Waals surface area contributed by atoms with Crippen LogP contribution < -0.4 is 5.32 Å². The van der Waals surface area contributed by atoms with E-state index in [1.807, 2.05) is 0 Å². The standard InChI is InChI=1S/C11H13BrFN/c1-7-4-9(5-7)14-11-3-2-8(13)6-10(11)12/h2-3,6-7,9,14H,4-5H2,1H3. The van der Waals surface area contributed by atoms with Crippen LogP contribution in [-0.4, -0.2) is 6.04 Å². The minimum Gasteiger partial charge on any atom is -0.381 e. The van der Waals surface area contributed by atoms with Crippen LogP contribution in [0.5, 0.6) is 0 Å². The van der Waals surface area contributed by atoms with Gasteiger partial charge in [-0.2, -0.15) is 0 Å². The normalized spacial score (nSPS) is 25.6. The molecule has 1 aliphatic rings. The minimum absolute atomic E-state index is 0.204. The Balaban J connectivity index is 2.02. The fraction of sp³-hybridized carbons (Fsp3) is 0.455. The van der Waals surface area contributed by atoms with E-state index in [1.165, 1.54) is 25.0 Å². The third kappa shape index (κ3) is 2.08. The SMILES string of the molecule is CC1CC(Nc2ccc(F)cc2Br)C1. The Labute approximate surface area is 91.8 Å². The van der Waals surface area contributed by atoms with E-state index in [-0.39, 0.29) is 5.82 Å². The molecule has 0 amide bonds. The van der Waals surface area contributed by atoms with Crippen molar-refractivity contribution < 1.29 is 4.39 Å². The molecule has 1 aliphatic carbocycles. The molecule has 3 heteroatoms. The van der Waals surface area contributed by atoms with Crippen molar-refractivity contribution in [3.8, 4) is 0 Å². The maximum atomic E-state index is 12.8. The Morgan fingerprint density at radius 3 is 2.71 bits per heavy atom. The molecule has 1 aromatic carbocycles. The number of anilines is 1. The molecule has 1 nitrogen and oxygen atoms in total. The quantitative estimate of drug-likeness (QED) is 0.850. The van der Waals surface area contributed by atoms with Crippen molar-refractivity contribution in [3.05, 3.63) is 28.5 Å². The molecule has 0 heterocycles.